The minimum Gasteiger partial charge on any atom is -0.508 e. The highest BCUT2D eigenvalue weighted by Crippen LogP contribution is 2.25. The molecule has 0 heterocycles. The predicted molar refractivity (Wildman–Crippen MR) is 100 cm³/mol. The van der Waals surface area contributed by atoms with E-state index in [-0.39, 0.29) is 6.61 Å². The van der Waals surface area contributed by atoms with E-state index in [1.54, 1.807) is 6.07 Å². The average molecular weight is 379 g/mol. The van der Waals surface area contributed by atoms with Crippen LogP contribution >= 0.6 is 7.82 Å². The fourth-order valence-electron chi connectivity index (χ4n) is 1.99. The largest absolute Gasteiger partial charge is 0.508 e. The fourth-order valence-corrected chi connectivity index (χ4v) is 1.99. The molecule has 0 aliphatic heterocycles. The third-order valence-electron chi connectivity index (χ3n) is 3.17. The number of unbranched alkanes of at least 4 members (excludes halogenated alkanes) is 6. The second kappa shape index (κ2) is 17.9. The van der Waals surface area contributed by atoms with Gasteiger partial charge in [-0.05, 0) is 24.5 Å². The maximum atomic E-state index is 9.58. The van der Waals surface area contributed by atoms with Crippen molar-refractivity contribution in [2.45, 2.75) is 58.3 Å². The van der Waals surface area contributed by atoms with E-state index >= 15 is 0 Å². The van der Waals surface area contributed by atoms with Gasteiger partial charge in [0, 0.05) is 6.54 Å². The van der Waals surface area contributed by atoms with Gasteiger partial charge in [0.1, 0.15) is 5.75 Å². The van der Waals surface area contributed by atoms with Crippen molar-refractivity contribution in [2.24, 2.45) is 5.73 Å². The van der Waals surface area contributed by atoms with Gasteiger partial charge in [0.15, 0.2) is 0 Å². The smallest absolute Gasteiger partial charge is 0.466 e. The Morgan fingerprint density at radius 3 is 1.84 bits per heavy atom. The lowest BCUT2D eigenvalue weighted by molar-refractivity contribution is 0.275. The highest BCUT2D eigenvalue weighted by Gasteiger charge is 2.00. The summed E-state index contributed by atoms with van der Waals surface area (Å²) in [6.07, 6.45) is 10.3. The lowest BCUT2D eigenvalue weighted by Gasteiger charge is -2.04. The van der Waals surface area contributed by atoms with E-state index in [1.165, 1.54) is 44.9 Å². The van der Waals surface area contributed by atoms with Gasteiger partial charge >= 0.3 is 7.82 Å². The monoisotopic (exact) mass is 379 g/mol. The van der Waals surface area contributed by atoms with Crippen LogP contribution in [0, 0.1) is 0 Å². The average Bonchev–Trinajstić information content (AvgIpc) is 2.54. The van der Waals surface area contributed by atoms with Crippen molar-refractivity contribution in [3.63, 3.8) is 0 Å². The van der Waals surface area contributed by atoms with Gasteiger partial charge in [-0.25, -0.2) is 4.57 Å². The zero-order valence-corrected chi connectivity index (χ0v) is 15.9. The number of aliphatic hydroxyl groups is 1. The molecule has 8 heteroatoms. The standard InChI is InChI=1S/C15H24O.C2H7NO.H3O4P/c1-2-3-4-5-6-7-8-11-14-12-9-10-13-15(14)16;3-1-2-4;1-5(2,3)4/h9-10,12-13,16H,2-8,11H2,1H3;4H,1-3H2;(H3,1,2,3,4). The third kappa shape index (κ3) is 25.4. The molecule has 0 bridgehead atoms. The fraction of sp³-hybridized carbons (Fsp3) is 0.647. The van der Waals surface area contributed by atoms with E-state index in [1.807, 2.05) is 18.2 Å². The number of hydrogen-bond donors (Lipinski definition) is 6. The molecule has 0 saturated carbocycles. The molecule has 0 atom stereocenters. The molecule has 7 nitrogen and oxygen atoms in total. The Kier molecular flexibility index (Phi) is 18.8. The Morgan fingerprint density at radius 1 is 0.960 bits per heavy atom. The molecule has 1 aromatic carbocycles. The van der Waals surface area contributed by atoms with E-state index in [9.17, 15) is 5.11 Å². The van der Waals surface area contributed by atoms with Gasteiger partial charge in [0.25, 0.3) is 0 Å². The number of para-hydroxylation sites is 1. The molecule has 0 amide bonds. The molecule has 0 radical (unpaired) electrons. The van der Waals surface area contributed by atoms with E-state index in [0.717, 1.165) is 12.0 Å². The molecule has 0 unspecified atom stereocenters. The number of aryl methyl sites for hydroxylation is 1. The van der Waals surface area contributed by atoms with Crippen LogP contribution in [-0.4, -0.2) is 38.0 Å². The summed E-state index contributed by atoms with van der Waals surface area (Å²) in [5, 5.41) is 17.3. The van der Waals surface area contributed by atoms with Crippen LogP contribution in [0.5, 0.6) is 5.75 Å². The Bertz CT molecular complexity index is 442. The van der Waals surface area contributed by atoms with Gasteiger partial charge in [-0.15, -0.1) is 0 Å². The highest BCUT2D eigenvalue weighted by molar-refractivity contribution is 7.45. The lowest BCUT2D eigenvalue weighted by Crippen LogP contribution is -2.02. The molecular weight excluding hydrogens is 345 g/mol. The highest BCUT2D eigenvalue weighted by atomic mass is 31.2. The number of hydrogen-bond acceptors (Lipinski definition) is 4. The molecule has 0 aliphatic carbocycles. The van der Waals surface area contributed by atoms with Crippen molar-refractivity contribution >= 4 is 7.82 Å². The Hall–Kier alpha value is -0.950. The van der Waals surface area contributed by atoms with E-state index < -0.39 is 7.82 Å². The number of rotatable bonds is 9. The molecule has 0 aliphatic rings. The Morgan fingerprint density at radius 2 is 1.40 bits per heavy atom. The SMILES string of the molecule is CCCCCCCCCc1ccccc1O.NCCO.O=P(O)(O)O. The van der Waals surface area contributed by atoms with Gasteiger partial charge in [-0.3, -0.25) is 0 Å². The number of aliphatic hydroxyl groups excluding tert-OH is 1. The quantitative estimate of drug-likeness (QED) is 0.286. The maximum Gasteiger partial charge on any atom is 0.466 e. The first-order valence-corrected chi connectivity index (χ1v) is 10.2. The van der Waals surface area contributed by atoms with Crippen molar-refractivity contribution in [3.05, 3.63) is 29.8 Å². The zero-order chi connectivity index (χ0) is 19.6. The summed E-state index contributed by atoms with van der Waals surface area (Å²) in [6.45, 7) is 2.72. The second-order valence-electron chi connectivity index (χ2n) is 5.53. The molecule has 0 saturated heterocycles. The van der Waals surface area contributed by atoms with Crippen LogP contribution in [0.1, 0.15) is 57.4 Å². The van der Waals surface area contributed by atoms with Crippen molar-refractivity contribution < 1.29 is 29.5 Å². The summed E-state index contributed by atoms with van der Waals surface area (Å²) in [4.78, 5) is 21.6. The van der Waals surface area contributed by atoms with E-state index in [2.05, 4.69) is 6.92 Å². The first-order chi connectivity index (χ1) is 11.8. The molecule has 0 spiro atoms. The van der Waals surface area contributed by atoms with Crippen LogP contribution in [-0.2, 0) is 11.0 Å². The number of phosphoric acid groups is 1. The third-order valence-corrected chi connectivity index (χ3v) is 3.17. The molecule has 1 rings (SSSR count). The van der Waals surface area contributed by atoms with E-state index in [0.29, 0.717) is 12.3 Å². The molecule has 0 aromatic heterocycles. The minimum absolute atomic E-state index is 0.0972. The topological polar surface area (TPSA) is 144 Å². The van der Waals surface area contributed by atoms with Crippen LogP contribution in [0.3, 0.4) is 0 Å². The van der Waals surface area contributed by atoms with E-state index in [4.69, 9.17) is 30.1 Å². The summed E-state index contributed by atoms with van der Waals surface area (Å²) < 4.78 is 8.88. The number of phenols is 1. The molecule has 7 N–H and O–H groups in total. The zero-order valence-electron chi connectivity index (χ0n) is 15.0. The van der Waals surface area contributed by atoms with Crippen LogP contribution in [0.25, 0.3) is 0 Å². The van der Waals surface area contributed by atoms with Gasteiger partial charge in [0.2, 0.25) is 0 Å². The maximum absolute atomic E-state index is 9.58. The number of phenolic OH excluding ortho intramolecular Hbond substituents is 1. The number of aromatic hydroxyl groups is 1. The van der Waals surface area contributed by atoms with Gasteiger partial charge in [-0.2, -0.15) is 0 Å². The van der Waals surface area contributed by atoms with Gasteiger partial charge < -0.3 is 30.6 Å². The molecule has 25 heavy (non-hydrogen) atoms. The number of benzene rings is 1. The normalized spacial score (nSPS) is 10.3. The van der Waals surface area contributed by atoms with Gasteiger partial charge in [-0.1, -0.05) is 63.6 Å². The summed E-state index contributed by atoms with van der Waals surface area (Å²) >= 11 is 0. The Labute approximate surface area is 150 Å². The minimum atomic E-state index is -4.64. The molecule has 0 fully saturated rings. The summed E-state index contributed by atoms with van der Waals surface area (Å²) in [5.74, 6) is 0.452. The first-order valence-electron chi connectivity index (χ1n) is 8.62. The van der Waals surface area contributed by atoms with Crippen molar-refractivity contribution in [2.75, 3.05) is 13.2 Å². The molecule has 148 valence electrons. The van der Waals surface area contributed by atoms with Gasteiger partial charge in [0.05, 0.1) is 6.61 Å². The summed E-state index contributed by atoms with van der Waals surface area (Å²) in [5.41, 5.74) is 5.87. The molecular formula is C17H34NO6P. The van der Waals surface area contributed by atoms with Crippen molar-refractivity contribution in [1.29, 1.82) is 0 Å². The molecule has 1 aromatic rings. The van der Waals surface area contributed by atoms with Crippen molar-refractivity contribution in [3.8, 4) is 5.75 Å². The second-order valence-corrected chi connectivity index (χ2v) is 6.55. The Balaban J connectivity index is 0. The lowest BCUT2D eigenvalue weighted by atomic mass is 10.0. The summed E-state index contributed by atoms with van der Waals surface area (Å²) in [7, 11) is -4.64. The van der Waals surface area contributed by atoms with Crippen LogP contribution < -0.4 is 5.73 Å². The summed E-state index contributed by atoms with van der Waals surface area (Å²) in [6, 6.07) is 7.67. The number of nitrogens with two attached hydrogens (primary N) is 1. The van der Waals surface area contributed by atoms with Crippen LogP contribution in [0.2, 0.25) is 0 Å². The first kappa shape index (κ1) is 26.3. The van der Waals surface area contributed by atoms with Crippen molar-refractivity contribution in [1.82, 2.24) is 0 Å². The van der Waals surface area contributed by atoms with Crippen LogP contribution in [0.4, 0.5) is 0 Å². The predicted octanol–water partition coefficient (Wildman–Crippen LogP) is 2.69. The van der Waals surface area contributed by atoms with Crippen LogP contribution in [0.15, 0.2) is 24.3 Å².